The van der Waals surface area contributed by atoms with Crippen molar-refractivity contribution in [2.24, 2.45) is 5.73 Å². The number of nitrogens with two attached hydrogens (primary N) is 1. The maximum absolute atomic E-state index is 12.5. The lowest BCUT2D eigenvalue weighted by molar-refractivity contribution is -0.104. The molecule has 5 nitrogen and oxygen atoms in total. The highest BCUT2D eigenvalue weighted by molar-refractivity contribution is 8.02. The number of thiophene rings is 1. The predicted octanol–water partition coefficient (Wildman–Crippen LogP) is 10.4. The molecule has 0 saturated carbocycles. The molecule has 0 radical (unpaired) electrons. The van der Waals surface area contributed by atoms with E-state index < -0.39 is 10.8 Å². The number of nitrogens with one attached hydrogen (secondary N) is 2. The van der Waals surface area contributed by atoms with Crippen molar-refractivity contribution in [2.75, 3.05) is 35.1 Å². The minimum atomic E-state index is -1.09. The van der Waals surface area contributed by atoms with E-state index in [9.17, 15) is 9.00 Å². The first-order valence-electron chi connectivity index (χ1n) is 16.8. The van der Waals surface area contributed by atoms with Gasteiger partial charge in [-0.3, -0.25) is 9.00 Å². The first kappa shape index (κ1) is 43.9. The Morgan fingerprint density at radius 2 is 1.92 bits per heavy atom. The van der Waals surface area contributed by atoms with Crippen molar-refractivity contribution in [3.8, 4) is 25.2 Å². The highest BCUT2D eigenvalue weighted by atomic mass is 32.2. The number of carbonyl (C=O) groups is 1. The van der Waals surface area contributed by atoms with Gasteiger partial charge < -0.3 is 15.8 Å². The second kappa shape index (κ2) is 25.7. The van der Waals surface area contributed by atoms with Crippen LogP contribution < -0.4 is 15.8 Å². The third kappa shape index (κ3) is 12.8. The Morgan fingerprint density at radius 3 is 2.56 bits per heavy atom. The van der Waals surface area contributed by atoms with Gasteiger partial charge in [0.1, 0.15) is 6.29 Å². The van der Waals surface area contributed by atoms with E-state index in [0.717, 1.165) is 57.3 Å². The molecule has 2 unspecified atom stereocenters. The summed E-state index contributed by atoms with van der Waals surface area (Å²) >= 11 is 5.05. The van der Waals surface area contributed by atoms with Crippen molar-refractivity contribution in [1.82, 2.24) is 0 Å². The summed E-state index contributed by atoms with van der Waals surface area (Å²) in [4.78, 5) is 11.5. The van der Waals surface area contributed by atoms with Crippen LogP contribution in [0.15, 0.2) is 135 Å². The molecular formula is C43H49N3O2S4. The fourth-order valence-electron chi connectivity index (χ4n) is 5.32. The monoisotopic (exact) mass is 767 g/mol. The summed E-state index contributed by atoms with van der Waals surface area (Å²) in [5.41, 5.74) is 12.1. The first-order chi connectivity index (χ1) is 25.5. The Bertz CT molecular complexity index is 1800. The van der Waals surface area contributed by atoms with Crippen LogP contribution in [0, 0.1) is 25.2 Å². The molecule has 0 amide bonds. The van der Waals surface area contributed by atoms with Crippen LogP contribution in [-0.4, -0.2) is 35.6 Å². The number of aldehydes is 1. The molecule has 0 fully saturated rings. The minimum Gasteiger partial charge on any atom is -0.386 e. The topological polar surface area (TPSA) is 84.2 Å². The van der Waals surface area contributed by atoms with Gasteiger partial charge in [0, 0.05) is 35.6 Å². The number of anilines is 2. The van der Waals surface area contributed by atoms with Crippen LogP contribution in [-0.2, 0) is 20.3 Å². The fraction of sp³-hybridized carbons (Fsp3) is 0.233. The van der Waals surface area contributed by atoms with E-state index in [4.69, 9.17) is 12.2 Å². The molecular weight excluding hydrogens is 719 g/mol. The third-order valence-electron chi connectivity index (χ3n) is 7.48. The zero-order valence-electron chi connectivity index (χ0n) is 30.1. The number of hydrogen-bond acceptors (Lipinski definition) is 8. The van der Waals surface area contributed by atoms with Gasteiger partial charge in [0.2, 0.25) is 0 Å². The Morgan fingerprint density at radius 1 is 1.13 bits per heavy atom. The number of benzene rings is 2. The lowest BCUT2D eigenvalue weighted by Crippen LogP contribution is -2.29. The van der Waals surface area contributed by atoms with Gasteiger partial charge in [-0.15, -0.1) is 42.4 Å². The maximum Gasteiger partial charge on any atom is 0.142 e. The minimum absolute atomic E-state index is 0.350. The second-order valence-electron chi connectivity index (χ2n) is 10.8. The highest BCUT2D eigenvalue weighted by Crippen LogP contribution is 2.51. The third-order valence-corrected chi connectivity index (χ3v) is 12.6. The molecule has 1 aromatic heterocycles. The van der Waals surface area contributed by atoms with Crippen LogP contribution in [0.4, 0.5) is 11.4 Å². The molecule has 3 aromatic rings. The number of rotatable bonds is 17. The van der Waals surface area contributed by atoms with Gasteiger partial charge in [0.05, 0.1) is 31.1 Å². The van der Waals surface area contributed by atoms with Crippen LogP contribution >= 0.6 is 35.0 Å². The van der Waals surface area contributed by atoms with Crippen LogP contribution in [0.1, 0.15) is 44.2 Å². The van der Waals surface area contributed by atoms with Gasteiger partial charge in [0.25, 0.3) is 0 Å². The van der Waals surface area contributed by atoms with E-state index in [1.165, 1.54) is 34.7 Å². The maximum atomic E-state index is 12.5. The van der Waals surface area contributed by atoms with Crippen LogP contribution in [0.3, 0.4) is 0 Å². The molecule has 1 aliphatic rings. The van der Waals surface area contributed by atoms with Crippen molar-refractivity contribution in [3.05, 3.63) is 137 Å². The normalized spacial score (nSPS) is 14.1. The SMILES string of the molecule is C#C.C#C/C=C(\C/C=C\C)C(SCCN)(C1=CC=CCC=C1)c1ccccc1.CCCS(=O)c1ccc(NSc2cccs2)c(NC)c1/C=C/C=O. The Balaban J connectivity index is 0.000000345. The smallest absolute Gasteiger partial charge is 0.142 e. The molecule has 4 N–H and O–H groups in total. The first-order valence-corrected chi connectivity index (χ1v) is 20.8. The summed E-state index contributed by atoms with van der Waals surface area (Å²) in [6.07, 6.45) is 37.3. The van der Waals surface area contributed by atoms with Crippen LogP contribution in [0.2, 0.25) is 0 Å². The van der Waals surface area contributed by atoms with E-state index >= 15 is 0 Å². The summed E-state index contributed by atoms with van der Waals surface area (Å²) in [6.45, 7) is 4.67. The predicted molar refractivity (Wildman–Crippen MR) is 233 cm³/mol. The number of thioether (sulfide) groups is 1. The van der Waals surface area contributed by atoms with Gasteiger partial charge in [-0.1, -0.05) is 91.8 Å². The van der Waals surface area contributed by atoms with Crippen molar-refractivity contribution < 1.29 is 9.00 Å². The molecule has 0 saturated heterocycles. The van der Waals surface area contributed by atoms with Crippen molar-refractivity contribution in [3.63, 3.8) is 0 Å². The quantitative estimate of drug-likeness (QED) is 0.0415. The average Bonchev–Trinajstić information content (AvgIpc) is 3.57. The summed E-state index contributed by atoms with van der Waals surface area (Å²) in [5.74, 6) is 4.22. The lowest BCUT2D eigenvalue weighted by Gasteiger charge is -2.37. The number of hydrogen-bond donors (Lipinski definition) is 3. The molecule has 52 heavy (non-hydrogen) atoms. The zero-order valence-corrected chi connectivity index (χ0v) is 33.4. The number of terminal acetylenes is 2. The zero-order chi connectivity index (χ0) is 38.0. The molecule has 4 rings (SSSR count). The van der Waals surface area contributed by atoms with E-state index in [-0.39, 0.29) is 4.75 Å². The van der Waals surface area contributed by atoms with Gasteiger partial charge >= 0.3 is 0 Å². The molecule has 272 valence electrons. The fourth-order valence-corrected chi connectivity index (χ4v) is 9.36. The summed E-state index contributed by atoms with van der Waals surface area (Å²) in [7, 11) is 0.729. The molecule has 2 aromatic carbocycles. The summed E-state index contributed by atoms with van der Waals surface area (Å²) < 4.78 is 16.6. The highest BCUT2D eigenvalue weighted by Gasteiger charge is 2.38. The molecule has 1 heterocycles. The number of allylic oxidation sites excluding steroid dienone is 9. The van der Waals surface area contributed by atoms with Gasteiger partial charge in [-0.05, 0) is 96.7 Å². The number of carbonyl (C=O) groups excluding carboxylic acids is 1. The van der Waals surface area contributed by atoms with Crippen molar-refractivity contribution >= 4 is 69.6 Å². The van der Waals surface area contributed by atoms with E-state index in [0.29, 0.717) is 12.3 Å². The van der Waals surface area contributed by atoms with Gasteiger partial charge in [0.15, 0.2) is 0 Å². The van der Waals surface area contributed by atoms with E-state index in [2.05, 4.69) is 102 Å². The summed E-state index contributed by atoms with van der Waals surface area (Å²) in [5, 5.41) is 5.19. The standard InChI is InChI=1S/C24H27NS.C17H20N2O2S3.C2H2/c1-3-5-14-21(13-4-2)24(26-20-19-25,23-17-11-8-12-18-23)22-15-9-6-7-10-16-22;1-3-12-24(21)15-9-8-14(19-23-16-7-5-11-22-16)17(18-2)13(15)6-4-10-20;1-2/h2-3,5-6,8-13,15-18H,7,14,19-20,25H2,1H3;4-11,18-19H,3,12H2,1-2H3;1-2H/b5-3-,21-13+;6-4+;. The van der Waals surface area contributed by atoms with Crippen LogP contribution in [0.5, 0.6) is 0 Å². The van der Waals surface area contributed by atoms with E-state index in [1.54, 1.807) is 17.4 Å². The van der Waals surface area contributed by atoms with Crippen LogP contribution in [0.25, 0.3) is 6.08 Å². The van der Waals surface area contributed by atoms with Crippen molar-refractivity contribution in [1.29, 1.82) is 0 Å². The largest absolute Gasteiger partial charge is 0.386 e. The molecule has 9 heteroatoms. The molecule has 1 aliphatic carbocycles. The van der Waals surface area contributed by atoms with Crippen molar-refractivity contribution in [2.45, 2.75) is 47.0 Å². The average molecular weight is 768 g/mol. The van der Waals surface area contributed by atoms with E-state index in [1.807, 2.05) is 68.4 Å². The second-order valence-corrected chi connectivity index (χ2v) is 15.7. The Kier molecular flexibility index (Phi) is 21.7. The Hall–Kier alpha value is -4.22. The molecule has 2 atom stereocenters. The van der Waals surface area contributed by atoms with Gasteiger partial charge in [-0.2, -0.15) is 0 Å². The lowest BCUT2D eigenvalue weighted by atomic mass is 9.81. The van der Waals surface area contributed by atoms with Gasteiger partial charge in [-0.25, -0.2) is 0 Å². The molecule has 0 bridgehead atoms. The summed E-state index contributed by atoms with van der Waals surface area (Å²) in [6, 6.07) is 18.4. The Labute approximate surface area is 326 Å². The molecule has 0 aliphatic heterocycles. The molecule has 0 spiro atoms.